The van der Waals surface area contributed by atoms with Crippen molar-refractivity contribution >= 4 is 0 Å². The number of aliphatic hydroxyl groups is 1. The molecule has 1 aromatic heterocycles. The van der Waals surface area contributed by atoms with Crippen LogP contribution in [0.15, 0.2) is 30.5 Å². The van der Waals surface area contributed by atoms with Crippen molar-refractivity contribution < 1.29 is 9.84 Å². The van der Waals surface area contributed by atoms with Gasteiger partial charge in [0.2, 0.25) is 0 Å². The number of aliphatic hydroxyl groups excluding tert-OH is 1. The van der Waals surface area contributed by atoms with Crippen LogP contribution in [-0.4, -0.2) is 22.9 Å². The molecule has 3 nitrogen and oxygen atoms in total. The molecule has 0 fully saturated rings. The van der Waals surface area contributed by atoms with E-state index in [-0.39, 0.29) is 6.10 Å². The summed E-state index contributed by atoms with van der Waals surface area (Å²) in [5.41, 5.74) is 5.20. The van der Waals surface area contributed by atoms with Gasteiger partial charge >= 0.3 is 0 Å². The summed E-state index contributed by atoms with van der Waals surface area (Å²) in [5.74, 6) is 0.886. The fraction of sp³-hybridized carbons (Fsp3) is 0.375. The molecule has 0 saturated carbocycles. The molecule has 19 heavy (non-hydrogen) atoms. The van der Waals surface area contributed by atoms with Crippen molar-refractivity contribution in [1.82, 2.24) is 4.57 Å². The lowest BCUT2D eigenvalue weighted by Crippen LogP contribution is -2.14. The van der Waals surface area contributed by atoms with Crippen LogP contribution in [0.25, 0.3) is 11.3 Å². The fourth-order valence-corrected chi connectivity index (χ4v) is 2.87. The second-order valence-corrected chi connectivity index (χ2v) is 5.21. The maximum Gasteiger partial charge on any atom is 0.119 e. The first kappa shape index (κ1) is 12.3. The molecule has 1 unspecified atom stereocenters. The summed E-state index contributed by atoms with van der Waals surface area (Å²) < 4.78 is 7.48. The molecule has 1 heterocycles. The van der Waals surface area contributed by atoms with Crippen LogP contribution in [0.2, 0.25) is 0 Å². The van der Waals surface area contributed by atoms with Crippen LogP contribution < -0.4 is 4.74 Å². The van der Waals surface area contributed by atoms with E-state index < -0.39 is 0 Å². The summed E-state index contributed by atoms with van der Waals surface area (Å²) in [4.78, 5) is 0. The molecule has 3 rings (SSSR count). The van der Waals surface area contributed by atoms with Crippen LogP contribution in [0.4, 0.5) is 0 Å². The van der Waals surface area contributed by atoms with Crippen LogP contribution in [0.1, 0.15) is 18.1 Å². The number of methoxy groups -OCH3 is 1. The van der Waals surface area contributed by atoms with Gasteiger partial charge in [-0.25, -0.2) is 0 Å². The summed E-state index contributed by atoms with van der Waals surface area (Å²) in [5, 5.41) is 9.63. The minimum Gasteiger partial charge on any atom is -0.497 e. The number of aromatic nitrogens is 1. The maximum absolute atomic E-state index is 9.63. The van der Waals surface area contributed by atoms with E-state index in [2.05, 4.69) is 29.0 Å². The zero-order valence-corrected chi connectivity index (χ0v) is 11.4. The van der Waals surface area contributed by atoms with Crippen LogP contribution in [0.3, 0.4) is 0 Å². The number of ether oxygens (including phenoxy) is 1. The van der Waals surface area contributed by atoms with Gasteiger partial charge in [-0.15, -0.1) is 0 Å². The number of nitrogens with zero attached hydrogens (tertiary/aromatic N) is 1. The predicted molar refractivity (Wildman–Crippen MR) is 75.5 cm³/mol. The summed E-state index contributed by atoms with van der Waals surface area (Å²) >= 11 is 0. The van der Waals surface area contributed by atoms with Gasteiger partial charge in [0.25, 0.3) is 0 Å². The Morgan fingerprint density at radius 1 is 1.26 bits per heavy atom. The zero-order valence-electron chi connectivity index (χ0n) is 11.4. The first-order chi connectivity index (χ1) is 9.19. The minimum atomic E-state index is -0.340. The van der Waals surface area contributed by atoms with E-state index in [1.165, 1.54) is 22.4 Å². The number of fused-ring (bicyclic) bond motifs is 3. The molecule has 0 spiro atoms. The average molecular weight is 257 g/mol. The molecular formula is C16H19NO2. The van der Waals surface area contributed by atoms with E-state index in [0.29, 0.717) is 6.54 Å². The van der Waals surface area contributed by atoms with Gasteiger partial charge < -0.3 is 14.4 Å². The Kier molecular flexibility index (Phi) is 3.07. The summed E-state index contributed by atoms with van der Waals surface area (Å²) in [6, 6.07) is 8.44. The van der Waals surface area contributed by atoms with Gasteiger partial charge in [0.1, 0.15) is 5.75 Å². The summed E-state index contributed by atoms with van der Waals surface area (Å²) in [7, 11) is 1.69. The molecule has 1 aliphatic carbocycles. The second kappa shape index (κ2) is 4.74. The Bertz CT molecular complexity index is 599. The Balaban J connectivity index is 2.12. The SMILES string of the molecule is COc1ccc2c(c1)-c1c(ccn1CC(C)O)CC2. The van der Waals surface area contributed by atoms with Gasteiger partial charge in [0.05, 0.1) is 18.9 Å². The lowest BCUT2D eigenvalue weighted by molar-refractivity contribution is 0.174. The molecule has 2 aromatic rings. The monoisotopic (exact) mass is 257 g/mol. The molecule has 1 aliphatic rings. The van der Waals surface area contributed by atoms with Crippen LogP contribution >= 0.6 is 0 Å². The highest BCUT2D eigenvalue weighted by Crippen LogP contribution is 2.36. The third-order valence-electron chi connectivity index (χ3n) is 3.74. The quantitative estimate of drug-likeness (QED) is 0.917. The Hall–Kier alpha value is -1.74. The van der Waals surface area contributed by atoms with Crippen LogP contribution in [0.5, 0.6) is 5.75 Å². The average Bonchev–Trinajstić information content (AvgIpc) is 2.81. The van der Waals surface area contributed by atoms with E-state index in [1.54, 1.807) is 7.11 Å². The van der Waals surface area contributed by atoms with Crippen molar-refractivity contribution in [2.75, 3.05) is 7.11 Å². The van der Waals surface area contributed by atoms with Crippen LogP contribution in [0, 0.1) is 0 Å². The third-order valence-corrected chi connectivity index (χ3v) is 3.74. The van der Waals surface area contributed by atoms with Gasteiger partial charge in [-0.05, 0) is 49.1 Å². The fourth-order valence-electron chi connectivity index (χ4n) is 2.87. The first-order valence-electron chi connectivity index (χ1n) is 6.72. The molecule has 0 bridgehead atoms. The highest BCUT2D eigenvalue weighted by molar-refractivity contribution is 5.72. The lowest BCUT2D eigenvalue weighted by atomic mass is 9.90. The summed E-state index contributed by atoms with van der Waals surface area (Å²) in [6.45, 7) is 2.45. The molecule has 100 valence electrons. The van der Waals surface area contributed by atoms with Crippen molar-refractivity contribution in [2.45, 2.75) is 32.4 Å². The number of benzene rings is 1. The topological polar surface area (TPSA) is 34.4 Å². The standard InChI is InChI=1S/C16H19NO2/c1-11(18)10-17-8-7-13-4-3-12-5-6-14(19-2)9-15(12)16(13)17/h5-9,11,18H,3-4,10H2,1-2H3. The van der Waals surface area contributed by atoms with Gasteiger partial charge in [0.15, 0.2) is 0 Å². The highest BCUT2D eigenvalue weighted by atomic mass is 16.5. The molecule has 0 radical (unpaired) electrons. The Morgan fingerprint density at radius 2 is 2.05 bits per heavy atom. The van der Waals surface area contributed by atoms with Gasteiger partial charge in [0, 0.05) is 18.3 Å². The number of hydrogen-bond donors (Lipinski definition) is 1. The van der Waals surface area contributed by atoms with Crippen molar-refractivity contribution in [3.8, 4) is 17.0 Å². The molecule has 0 aliphatic heterocycles. The van der Waals surface area contributed by atoms with Crippen molar-refractivity contribution in [3.63, 3.8) is 0 Å². The number of rotatable bonds is 3. The molecule has 0 amide bonds. The Labute approximate surface area is 113 Å². The van der Waals surface area contributed by atoms with Gasteiger partial charge in [-0.3, -0.25) is 0 Å². The largest absolute Gasteiger partial charge is 0.497 e. The van der Waals surface area contributed by atoms with E-state index in [1.807, 2.05) is 13.0 Å². The number of hydrogen-bond acceptors (Lipinski definition) is 2. The second-order valence-electron chi connectivity index (χ2n) is 5.21. The minimum absolute atomic E-state index is 0.340. The van der Waals surface area contributed by atoms with Crippen molar-refractivity contribution in [1.29, 1.82) is 0 Å². The lowest BCUT2D eigenvalue weighted by Gasteiger charge is -2.21. The van der Waals surface area contributed by atoms with E-state index in [9.17, 15) is 5.11 Å². The van der Waals surface area contributed by atoms with Crippen molar-refractivity contribution in [3.05, 3.63) is 41.6 Å². The first-order valence-corrected chi connectivity index (χ1v) is 6.72. The van der Waals surface area contributed by atoms with Crippen LogP contribution in [-0.2, 0) is 19.4 Å². The zero-order chi connectivity index (χ0) is 13.4. The molecule has 1 N–H and O–H groups in total. The molecule has 1 aromatic carbocycles. The van der Waals surface area contributed by atoms with E-state index >= 15 is 0 Å². The maximum atomic E-state index is 9.63. The Morgan fingerprint density at radius 3 is 2.79 bits per heavy atom. The summed E-state index contributed by atoms with van der Waals surface area (Å²) in [6.07, 6.45) is 3.88. The highest BCUT2D eigenvalue weighted by Gasteiger charge is 2.20. The molecule has 0 saturated heterocycles. The van der Waals surface area contributed by atoms with E-state index in [4.69, 9.17) is 4.74 Å². The molecular weight excluding hydrogens is 238 g/mol. The molecule has 1 atom stereocenters. The van der Waals surface area contributed by atoms with Gasteiger partial charge in [-0.2, -0.15) is 0 Å². The third kappa shape index (κ3) is 2.15. The van der Waals surface area contributed by atoms with Crippen molar-refractivity contribution in [2.24, 2.45) is 0 Å². The normalized spacial score (nSPS) is 14.7. The molecule has 3 heteroatoms. The smallest absolute Gasteiger partial charge is 0.119 e. The van der Waals surface area contributed by atoms with E-state index in [0.717, 1.165) is 18.6 Å². The predicted octanol–water partition coefficient (Wildman–Crippen LogP) is 2.64. The van der Waals surface area contributed by atoms with Gasteiger partial charge in [-0.1, -0.05) is 6.07 Å². The number of aryl methyl sites for hydroxylation is 2.